The van der Waals surface area contributed by atoms with Crippen molar-refractivity contribution in [3.63, 3.8) is 0 Å². The van der Waals surface area contributed by atoms with E-state index in [1.54, 1.807) is 0 Å². The molecular weight excluding hydrogens is 188 g/mol. The van der Waals surface area contributed by atoms with Crippen LogP contribution in [0.25, 0.3) is 0 Å². The van der Waals surface area contributed by atoms with E-state index < -0.39 is 0 Å². The molecule has 0 radical (unpaired) electrons. The van der Waals surface area contributed by atoms with Crippen LogP contribution < -0.4 is 10.2 Å². The van der Waals surface area contributed by atoms with Crippen LogP contribution in [0.15, 0.2) is 12.3 Å². The molecule has 0 atom stereocenters. The van der Waals surface area contributed by atoms with E-state index in [1.165, 1.54) is 6.42 Å². The highest BCUT2D eigenvalue weighted by Gasteiger charge is 2.24. The van der Waals surface area contributed by atoms with Crippen molar-refractivity contribution in [2.45, 2.75) is 25.8 Å². The van der Waals surface area contributed by atoms with Gasteiger partial charge in [0.1, 0.15) is 0 Å². The van der Waals surface area contributed by atoms with E-state index in [-0.39, 0.29) is 5.54 Å². The van der Waals surface area contributed by atoms with Crippen LogP contribution in [0.2, 0.25) is 0 Å². The van der Waals surface area contributed by atoms with Crippen LogP contribution >= 0.6 is 0 Å². The zero-order chi connectivity index (χ0) is 10.9. The van der Waals surface area contributed by atoms with Gasteiger partial charge in [0.15, 0.2) is 5.82 Å². The van der Waals surface area contributed by atoms with Gasteiger partial charge in [-0.15, -0.1) is 0 Å². The highest BCUT2D eigenvalue weighted by Crippen LogP contribution is 2.17. The second-order valence-electron chi connectivity index (χ2n) is 4.93. The molecule has 0 saturated carbocycles. The number of hydrogen-bond donors (Lipinski definition) is 1. The Bertz CT molecular complexity index is 329. The molecule has 0 aliphatic carbocycles. The summed E-state index contributed by atoms with van der Waals surface area (Å²) in [7, 11) is 1.96. The van der Waals surface area contributed by atoms with Crippen LogP contribution in [-0.2, 0) is 7.05 Å². The summed E-state index contributed by atoms with van der Waals surface area (Å²) >= 11 is 0. The highest BCUT2D eigenvalue weighted by atomic mass is 15.3. The minimum Gasteiger partial charge on any atom is -0.353 e. The summed E-state index contributed by atoms with van der Waals surface area (Å²) in [6.45, 7) is 7.69. The highest BCUT2D eigenvalue weighted by molar-refractivity contribution is 5.37. The Morgan fingerprint density at radius 2 is 2.27 bits per heavy atom. The maximum absolute atomic E-state index is 4.46. The third kappa shape index (κ3) is 2.50. The maximum Gasteiger partial charge on any atom is 0.150 e. The third-order valence-electron chi connectivity index (χ3n) is 2.82. The van der Waals surface area contributed by atoms with Crippen molar-refractivity contribution in [1.82, 2.24) is 15.1 Å². The fourth-order valence-electron chi connectivity index (χ4n) is 2.08. The molecular formula is C11H20N4. The molecule has 4 heteroatoms. The summed E-state index contributed by atoms with van der Waals surface area (Å²) in [6.07, 6.45) is 3.18. The predicted octanol–water partition coefficient (Wildman–Crippen LogP) is 0.998. The molecule has 0 amide bonds. The summed E-state index contributed by atoms with van der Waals surface area (Å²) in [5, 5.41) is 8.01. The molecule has 1 aliphatic rings. The van der Waals surface area contributed by atoms with E-state index in [2.05, 4.69) is 35.2 Å². The molecule has 1 fully saturated rings. The summed E-state index contributed by atoms with van der Waals surface area (Å²) in [4.78, 5) is 2.36. The Kier molecular flexibility index (Phi) is 2.69. The van der Waals surface area contributed by atoms with Gasteiger partial charge in [-0.1, -0.05) is 0 Å². The van der Waals surface area contributed by atoms with Crippen molar-refractivity contribution in [2.24, 2.45) is 7.05 Å². The zero-order valence-corrected chi connectivity index (χ0v) is 9.82. The Balaban J connectivity index is 2.14. The van der Waals surface area contributed by atoms with Crippen molar-refractivity contribution in [3.8, 4) is 0 Å². The van der Waals surface area contributed by atoms with Crippen molar-refractivity contribution in [2.75, 3.05) is 24.5 Å². The SMILES string of the molecule is Cn1ccc(N2CCCNC(C)(C)C2)n1. The summed E-state index contributed by atoms with van der Waals surface area (Å²) in [5.74, 6) is 1.09. The van der Waals surface area contributed by atoms with Gasteiger partial charge in [0.2, 0.25) is 0 Å². The number of hydrogen-bond acceptors (Lipinski definition) is 3. The molecule has 1 aliphatic heterocycles. The fraction of sp³-hybridized carbons (Fsp3) is 0.727. The smallest absolute Gasteiger partial charge is 0.150 e. The molecule has 2 heterocycles. The molecule has 1 aromatic rings. The van der Waals surface area contributed by atoms with Gasteiger partial charge in [-0.05, 0) is 26.8 Å². The second kappa shape index (κ2) is 3.85. The van der Waals surface area contributed by atoms with Gasteiger partial charge < -0.3 is 10.2 Å². The van der Waals surface area contributed by atoms with Crippen molar-refractivity contribution < 1.29 is 0 Å². The maximum atomic E-state index is 4.46. The van der Waals surface area contributed by atoms with E-state index in [9.17, 15) is 0 Å². The number of aromatic nitrogens is 2. The van der Waals surface area contributed by atoms with Gasteiger partial charge in [0.05, 0.1) is 0 Å². The number of anilines is 1. The first-order chi connectivity index (χ1) is 7.07. The van der Waals surface area contributed by atoms with Crippen LogP contribution in [0.4, 0.5) is 5.82 Å². The lowest BCUT2D eigenvalue weighted by Crippen LogP contribution is -2.46. The standard InChI is InChI=1S/C11H20N4/c1-11(2)9-15(7-4-6-12-11)10-5-8-14(3)13-10/h5,8,12H,4,6-7,9H2,1-3H3. The third-order valence-corrected chi connectivity index (χ3v) is 2.82. The average molecular weight is 208 g/mol. The predicted molar refractivity (Wildman–Crippen MR) is 62.1 cm³/mol. The molecule has 1 aromatic heterocycles. The number of aryl methyl sites for hydroxylation is 1. The van der Waals surface area contributed by atoms with E-state index in [1.807, 2.05) is 17.9 Å². The van der Waals surface area contributed by atoms with Gasteiger partial charge >= 0.3 is 0 Å². The average Bonchev–Trinajstić information content (AvgIpc) is 2.49. The molecule has 84 valence electrons. The molecule has 1 saturated heterocycles. The Labute approximate surface area is 91.3 Å². The van der Waals surface area contributed by atoms with Crippen LogP contribution in [0.5, 0.6) is 0 Å². The first-order valence-corrected chi connectivity index (χ1v) is 5.56. The van der Waals surface area contributed by atoms with Gasteiger partial charge in [-0.25, -0.2) is 0 Å². The van der Waals surface area contributed by atoms with Crippen LogP contribution in [-0.4, -0.2) is 35.0 Å². The van der Waals surface area contributed by atoms with E-state index >= 15 is 0 Å². The number of rotatable bonds is 1. The minimum absolute atomic E-state index is 0.175. The number of nitrogens with zero attached hydrogens (tertiary/aromatic N) is 3. The molecule has 0 aromatic carbocycles. The van der Waals surface area contributed by atoms with Gasteiger partial charge in [0.25, 0.3) is 0 Å². The second-order valence-corrected chi connectivity index (χ2v) is 4.93. The lowest BCUT2D eigenvalue weighted by Gasteiger charge is -2.29. The Morgan fingerprint density at radius 1 is 1.47 bits per heavy atom. The van der Waals surface area contributed by atoms with Crippen molar-refractivity contribution >= 4 is 5.82 Å². The first kappa shape index (κ1) is 10.5. The van der Waals surface area contributed by atoms with E-state index in [4.69, 9.17) is 0 Å². The lowest BCUT2D eigenvalue weighted by atomic mass is 10.1. The lowest BCUT2D eigenvalue weighted by molar-refractivity contribution is 0.415. The first-order valence-electron chi connectivity index (χ1n) is 5.56. The number of nitrogens with one attached hydrogen (secondary N) is 1. The van der Waals surface area contributed by atoms with Crippen LogP contribution in [0, 0.1) is 0 Å². The summed E-state index contributed by atoms with van der Waals surface area (Å²) < 4.78 is 1.86. The van der Waals surface area contributed by atoms with E-state index in [0.29, 0.717) is 0 Å². The fourth-order valence-corrected chi connectivity index (χ4v) is 2.08. The van der Waals surface area contributed by atoms with Crippen molar-refractivity contribution in [1.29, 1.82) is 0 Å². The minimum atomic E-state index is 0.175. The Hall–Kier alpha value is -1.03. The van der Waals surface area contributed by atoms with Crippen LogP contribution in [0.3, 0.4) is 0 Å². The summed E-state index contributed by atoms with van der Waals surface area (Å²) in [5.41, 5.74) is 0.175. The van der Waals surface area contributed by atoms with Crippen LogP contribution in [0.1, 0.15) is 20.3 Å². The molecule has 4 nitrogen and oxygen atoms in total. The topological polar surface area (TPSA) is 33.1 Å². The largest absolute Gasteiger partial charge is 0.353 e. The Morgan fingerprint density at radius 3 is 2.93 bits per heavy atom. The van der Waals surface area contributed by atoms with Gasteiger partial charge in [-0.3, -0.25) is 4.68 Å². The van der Waals surface area contributed by atoms with E-state index in [0.717, 1.165) is 25.5 Å². The zero-order valence-electron chi connectivity index (χ0n) is 9.82. The molecule has 0 unspecified atom stereocenters. The van der Waals surface area contributed by atoms with Gasteiger partial charge in [0, 0.05) is 37.9 Å². The molecule has 2 rings (SSSR count). The van der Waals surface area contributed by atoms with Crippen molar-refractivity contribution in [3.05, 3.63) is 12.3 Å². The molecule has 0 bridgehead atoms. The monoisotopic (exact) mass is 208 g/mol. The molecule has 1 N–H and O–H groups in total. The quantitative estimate of drug-likeness (QED) is 0.747. The normalized spacial score (nSPS) is 21.4. The molecule has 15 heavy (non-hydrogen) atoms. The van der Waals surface area contributed by atoms with Gasteiger partial charge in [-0.2, -0.15) is 5.10 Å². The molecule has 0 spiro atoms. The summed E-state index contributed by atoms with van der Waals surface area (Å²) in [6, 6.07) is 2.08.